The number of hydrogen-bond donors (Lipinski definition) is 1. The molecule has 0 atom stereocenters. The molecule has 5 nitrogen and oxygen atoms in total. The number of aryl methyl sites for hydroxylation is 1. The molecule has 6 heteroatoms. The van der Waals surface area contributed by atoms with Crippen LogP contribution in [0.25, 0.3) is 11.5 Å². The van der Waals surface area contributed by atoms with E-state index in [-0.39, 0.29) is 24.7 Å². The lowest BCUT2D eigenvalue weighted by atomic mass is 10.1. The SMILES string of the molecule is Cc1cccc(-c2nc(CNC(=O)Cc3ccc(F)cc3)no2)c1. The third kappa shape index (κ3) is 4.04. The molecule has 0 saturated heterocycles. The number of aromatic nitrogens is 2. The first-order chi connectivity index (χ1) is 11.6. The normalized spacial score (nSPS) is 10.6. The van der Waals surface area contributed by atoms with Crippen LogP contribution in [-0.2, 0) is 17.8 Å². The number of benzene rings is 2. The van der Waals surface area contributed by atoms with Crippen LogP contribution in [0.1, 0.15) is 17.0 Å². The third-order valence-corrected chi connectivity index (χ3v) is 3.45. The summed E-state index contributed by atoms with van der Waals surface area (Å²) in [5.74, 6) is 0.304. The summed E-state index contributed by atoms with van der Waals surface area (Å²) >= 11 is 0. The molecule has 0 aliphatic heterocycles. The monoisotopic (exact) mass is 325 g/mol. The van der Waals surface area contributed by atoms with Gasteiger partial charge in [-0.3, -0.25) is 4.79 Å². The van der Waals surface area contributed by atoms with Crippen LogP contribution in [-0.4, -0.2) is 16.0 Å². The van der Waals surface area contributed by atoms with Crippen LogP contribution in [0.3, 0.4) is 0 Å². The van der Waals surface area contributed by atoms with Crippen molar-refractivity contribution in [3.05, 3.63) is 71.3 Å². The molecule has 0 aliphatic carbocycles. The van der Waals surface area contributed by atoms with E-state index in [0.29, 0.717) is 11.7 Å². The molecule has 122 valence electrons. The Morgan fingerprint density at radius 2 is 2.00 bits per heavy atom. The maximum atomic E-state index is 12.8. The Kier molecular flexibility index (Phi) is 4.65. The van der Waals surface area contributed by atoms with Gasteiger partial charge in [-0.2, -0.15) is 4.98 Å². The minimum absolute atomic E-state index is 0.170. The minimum atomic E-state index is -0.324. The van der Waals surface area contributed by atoms with Crippen LogP contribution in [0.5, 0.6) is 0 Å². The Balaban J connectivity index is 1.57. The molecule has 0 radical (unpaired) electrons. The highest BCUT2D eigenvalue weighted by molar-refractivity contribution is 5.78. The van der Waals surface area contributed by atoms with Crippen molar-refractivity contribution < 1.29 is 13.7 Å². The lowest BCUT2D eigenvalue weighted by Crippen LogP contribution is -2.25. The maximum Gasteiger partial charge on any atom is 0.257 e. The highest BCUT2D eigenvalue weighted by Crippen LogP contribution is 2.18. The largest absolute Gasteiger partial charge is 0.348 e. The van der Waals surface area contributed by atoms with Gasteiger partial charge in [-0.1, -0.05) is 35.0 Å². The molecule has 0 spiro atoms. The van der Waals surface area contributed by atoms with Crippen molar-refractivity contribution >= 4 is 5.91 Å². The molecule has 1 aromatic heterocycles. The summed E-state index contributed by atoms with van der Waals surface area (Å²) in [5.41, 5.74) is 2.67. The number of carbonyl (C=O) groups is 1. The molecule has 0 bridgehead atoms. The summed E-state index contributed by atoms with van der Waals surface area (Å²) in [4.78, 5) is 16.2. The number of halogens is 1. The zero-order valence-corrected chi connectivity index (χ0v) is 13.1. The van der Waals surface area contributed by atoms with Crippen LogP contribution in [0.2, 0.25) is 0 Å². The number of nitrogens with one attached hydrogen (secondary N) is 1. The van der Waals surface area contributed by atoms with Crippen molar-refractivity contribution in [1.82, 2.24) is 15.5 Å². The van der Waals surface area contributed by atoms with Crippen LogP contribution >= 0.6 is 0 Å². The second kappa shape index (κ2) is 7.04. The second-order valence-electron chi connectivity index (χ2n) is 5.47. The molecule has 3 aromatic rings. The highest BCUT2D eigenvalue weighted by Gasteiger charge is 2.10. The van der Waals surface area contributed by atoms with Gasteiger partial charge in [0.25, 0.3) is 5.89 Å². The highest BCUT2D eigenvalue weighted by atomic mass is 19.1. The van der Waals surface area contributed by atoms with Gasteiger partial charge in [0.2, 0.25) is 5.91 Å². The Morgan fingerprint density at radius 3 is 2.75 bits per heavy atom. The number of carbonyl (C=O) groups excluding carboxylic acids is 1. The molecule has 0 saturated carbocycles. The van der Waals surface area contributed by atoms with E-state index < -0.39 is 0 Å². The molecule has 2 aromatic carbocycles. The summed E-state index contributed by atoms with van der Waals surface area (Å²) < 4.78 is 18.0. The average Bonchev–Trinajstić information content (AvgIpc) is 3.04. The first-order valence-corrected chi connectivity index (χ1v) is 7.51. The first kappa shape index (κ1) is 15.9. The van der Waals surface area contributed by atoms with Gasteiger partial charge >= 0.3 is 0 Å². The maximum absolute atomic E-state index is 12.8. The van der Waals surface area contributed by atoms with Crippen LogP contribution in [0.15, 0.2) is 53.1 Å². The van der Waals surface area contributed by atoms with E-state index >= 15 is 0 Å². The summed E-state index contributed by atoms with van der Waals surface area (Å²) in [6.45, 7) is 2.16. The van der Waals surface area contributed by atoms with Crippen LogP contribution in [0.4, 0.5) is 4.39 Å². The predicted octanol–water partition coefficient (Wildman–Crippen LogP) is 3.04. The van der Waals surface area contributed by atoms with Gasteiger partial charge in [0.15, 0.2) is 5.82 Å². The molecule has 24 heavy (non-hydrogen) atoms. The van der Waals surface area contributed by atoms with Crippen molar-refractivity contribution in [3.8, 4) is 11.5 Å². The fourth-order valence-corrected chi connectivity index (χ4v) is 2.25. The van der Waals surface area contributed by atoms with Gasteiger partial charge in [0.1, 0.15) is 5.82 Å². The standard InChI is InChI=1S/C18H16FN3O2/c1-12-3-2-4-14(9-12)18-21-16(22-24-18)11-20-17(23)10-13-5-7-15(19)8-6-13/h2-9H,10-11H2,1H3,(H,20,23). The Morgan fingerprint density at radius 1 is 1.21 bits per heavy atom. The van der Waals surface area contributed by atoms with E-state index in [1.807, 2.05) is 31.2 Å². The summed E-state index contributed by atoms with van der Waals surface area (Å²) in [7, 11) is 0. The summed E-state index contributed by atoms with van der Waals surface area (Å²) in [6, 6.07) is 13.6. The Bertz CT molecular complexity index is 843. The van der Waals surface area contributed by atoms with Crippen molar-refractivity contribution in [1.29, 1.82) is 0 Å². The number of nitrogens with zero attached hydrogens (tertiary/aromatic N) is 2. The Labute approximate surface area is 138 Å². The molecule has 1 heterocycles. The average molecular weight is 325 g/mol. The molecule has 0 fully saturated rings. The minimum Gasteiger partial charge on any atom is -0.348 e. The van der Waals surface area contributed by atoms with E-state index in [1.165, 1.54) is 12.1 Å². The predicted molar refractivity (Wildman–Crippen MR) is 86.4 cm³/mol. The lowest BCUT2D eigenvalue weighted by molar-refractivity contribution is -0.120. The van der Waals surface area contributed by atoms with Crippen molar-refractivity contribution in [3.63, 3.8) is 0 Å². The number of hydrogen-bond acceptors (Lipinski definition) is 4. The fraction of sp³-hybridized carbons (Fsp3) is 0.167. The first-order valence-electron chi connectivity index (χ1n) is 7.51. The molecule has 0 unspecified atom stereocenters. The lowest BCUT2D eigenvalue weighted by Gasteiger charge is -2.02. The topological polar surface area (TPSA) is 68.0 Å². The molecule has 1 N–H and O–H groups in total. The van der Waals surface area contributed by atoms with Gasteiger partial charge < -0.3 is 9.84 Å². The van der Waals surface area contributed by atoms with Crippen molar-refractivity contribution in [2.45, 2.75) is 19.9 Å². The number of rotatable bonds is 5. The fourth-order valence-electron chi connectivity index (χ4n) is 2.25. The van der Waals surface area contributed by atoms with Crippen LogP contribution < -0.4 is 5.32 Å². The van der Waals surface area contributed by atoms with Crippen molar-refractivity contribution in [2.24, 2.45) is 0 Å². The van der Waals surface area contributed by atoms with Gasteiger partial charge in [0, 0.05) is 5.56 Å². The second-order valence-corrected chi connectivity index (χ2v) is 5.47. The quantitative estimate of drug-likeness (QED) is 0.783. The van der Waals surface area contributed by atoms with Gasteiger partial charge in [-0.25, -0.2) is 4.39 Å². The van der Waals surface area contributed by atoms with Gasteiger partial charge in [0.05, 0.1) is 13.0 Å². The zero-order chi connectivity index (χ0) is 16.9. The van der Waals surface area contributed by atoms with E-state index in [4.69, 9.17) is 4.52 Å². The van der Waals surface area contributed by atoms with E-state index in [2.05, 4.69) is 15.5 Å². The van der Waals surface area contributed by atoms with E-state index in [9.17, 15) is 9.18 Å². The summed E-state index contributed by atoms with van der Waals surface area (Å²) in [5, 5.41) is 6.58. The van der Waals surface area contributed by atoms with Crippen molar-refractivity contribution in [2.75, 3.05) is 0 Å². The smallest absolute Gasteiger partial charge is 0.257 e. The third-order valence-electron chi connectivity index (χ3n) is 3.45. The molecular weight excluding hydrogens is 309 g/mol. The zero-order valence-electron chi connectivity index (χ0n) is 13.1. The van der Waals surface area contributed by atoms with Gasteiger partial charge in [-0.05, 0) is 36.8 Å². The van der Waals surface area contributed by atoms with Gasteiger partial charge in [-0.15, -0.1) is 0 Å². The van der Waals surface area contributed by atoms with E-state index in [0.717, 1.165) is 16.7 Å². The Hall–Kier alpha value is -3.02. The summed E-state index contributed by atoms with van der Waals surface area (Å²) in [6.07, 6.45) is 0.170. The molecule has 1 amide bonds. The number of amides is 1. The molecule has 0 aliphatic rings. The van der Waals surface area contributed by atoms with E-state index in [1.54, 1.807) is 12.1 Å². The van der Waals surface area contributed by atoms with Crippen LogP contribution in [0, 0.1) is 12.7 Å². The molecule has 3 rings (SSSR count). The molecular formula is C18H16FN3O2.